The predicted molar refractivity (Wildman–Crippen MR) is 53.7 cm³/mol. The molecule has 2 nitrogen and oxygen atoms in total. The number of hydrogen-bond acceptors (Lipinski definition) is 2. The van der Waals surface area contributed by atoms with Crippen LogP contribution in [0.15, 0.2) is 0 Å². The summed E-state index contributed by atoms with van der Waals surface area (Å²) in [4.78, 5) is 0. The Hall–Kier alpha value is 0.210. The van der Waals surface area contributed by atoms with Gasteiger partial charge in [0.05, 0.1) is 6.10 Å². The zero-order valence-corrected chi connectivity index (χ0v) is 8.61. The summed E-state index contributed by atoms with van der Waals surface area (Å²) >= 11 is 0. The summed E-state index contributed by atoms with van der Waals surface area (Å²) in [6.45, 7) is 3.11. The van der Waals surface area contributed by atoms with Gasteiger partial charge in [-0.15, -0.1) is 12.4 Å². The van der Waals surface area contributed by atoms with Crippen molar-refractivity contribution in [1.29, 1.82) is 0 Å². The molecule has 0 saturated heterocycles. The van der Waals surface area contributed by atoms with E-state index >= 15 is 0 Å². The molecule has 1 saturated carbocycles. The van der Waals surface area contributed by atoms with E-state index in [2.05, 4.69) is 6.92 Å². The van der Waals surface area contributed by atoms with Gasteiger partial charge < -0.3 is 10.5 Å². The Kier molecular flexibility index (Phi) is 6.81. The fourth-order valence-electron chi connectivity index (χ4n) is 1.52. The summed E-state index contributed by atoms with van der Waals surface area (Å²) in [6.07, 6.45) is 6.27. The van der Waals surface area contributed by atoms with Gasteiger partial charge >= 0.3 is 0 Å². The van der Waals surface area contributed by atoms with Gasteiger partial charge in [-0.3, -0.25) is 0 Å². The van der Waals surface area contributed by atoms with Crippen molar-refractivity contribution < 1.29 is 4.74 Å². The second-order valence-electron chi connectivity index (χ2n) is 3.42. The van der Waals surface area contributed by atoms with Gasteiger partial charge in [0.2, 0.25) is 0 Å². The van der Waals surface area contributed by atoms with Crippen LogP contribution in [0, 0.1) is 0 Å². The monoisotopic (exact) mass is 193 g/mol. The molecule has 12 heavy (non-hydrogen) atoms. The van der Waals surface area contributed by atoms with Crippen LogP contribution < -0.4 is 5.73 Å². The Morgan fingerprint density at radius 1 is 1.42 bits per heavy atom. The molecule has 0 radical (unpaired) electrons. The van der Waals surface area contributed by atoms with Crippen molar-refractivity contribution in [2.45, 2.75) is 51.2 Å². The van der Waals surface area contributed by atoms with Crippen LogP contribution in [0.5, 0.6) is 0 Å². The van der Waals surface area contributed by atoms with Gasteiger partial charge in [0.25, 0.3) is 0 Å². The zero-order valence-electron chi connectivity index (χ0n) is 7.79. The van der Waals surface area contributed by atoms with Gasteiger partial charge in [-0.1, -0.05) is 13.3 Å². The molecule has 0 amide bonds. The van der Waals surface area contributed by atoms with Crippen molar-refractivity contribution in [2.75, 3.05) is 6.61 Å². The van der Waals surface area contributed by atoms with Gasteiger partial charge in [-0.25, -0.2) is 0 Å². The summed E-state index contributed by atoms with van der Waals surface area (Å²) < 4.78 is 5.63. The van der Waals surface area contributed by atoms with Crippen LogP contribution in [-0.4, -0.2) is 18.8 Å². The Morgan fingerprint density at radius 3 is 2.67 bits per heavy atom. The van der Waals surface area contributed by atoms with Crippen LogP contribution in [-0.2, 0) is 4.74 Å². The number of ether oxygens (including phenoxy) is 1. The highest BCUT2D eigenvalue weighted by Gasteiger charge is 2.21. The first kappa shape index (κ1) is 12.2. The van der Waals surface area contributed by atoms with Crippen LogP contribution >= 0.6 is 12.4 Å². The Labute approximate surface area is 81.3 Å². The van der Waals surface area contributed by atoms with E-state index < -0.39 is 0 Å². The van der Waals surface area contributed by atoms with Crippen LogP contribution in [0.25, 0.3) is 0 Å². The van der Waals surface area contributed by atoms with E-state index in [0.717, 1.165) is 19.4 Å². The Morgan fingerprint density at radius 2 is 2.17 bits per heavy atom. The van der Waals surface area contributed by atoms with Gasteiger partial charge in [-0.05, 0) is 25.7 Å². The molecule has 2 N–H and O–H groups in total. The molecule has 3 heteroatoms. The van der Waals surface area contributed by atoms with E-state index in [1.807, 2.05) is 0 Å². The number of halogens is 1. The maximum atomic E-state index is 5.75. The van der Waals surface area contributed by atoms with E-state index in [-0.39, 0.29) is 12.4 Å². The van der Waals surface area contributed by atoms with E-state index in [9.17, 15) is 0 Å². The highest BCUT2D eigenvalue weighted by Crippen LogP contribution is 2.20. The molecule has 0 unspecified atom stereocenters. The molecule has 1 rings (SSSR count). The molecule has 1 fully saturated rings. The molecule has 0 spiro atoms. The predicted octanol–water partition coefficient (Wildman–Crippen LogP) is 2.10. The van der Waals surface area contributed by atoms with E-state index in [0.29, 0.717) is 12.1 Å². The SMILES string of the molecule is CCCCO[C@@H]1CC[C@H](N)C1.Cl. The molecule has 0 aromatic carbocycles. The lowest BCUT2D eigenvalue weighted by Gasteiger charge is -2.10. The third-order valence-electron chi connectivity index (χ3n) is 2.28. The summed E-state index contributed by atoms with van der Waals surface area (Å²) in [6, 6.07) is 0.404. The second-order valence-corrected chi connectivity index (χ2v) is 3.42. The first-order valence-electron chi connectivity index (χ1n) is 4.70. The molecule has 2 atom stereocenters. The molecule has 0 bridgehead atoms. The standard InChI is InChI=1S/C9H19NO.ClH/c1-2-3-6-11-9-5-4-8(10)7-9;/h8-9H,2-7,10H2,1H3;1H/t8-,9+;/m0./s1. The van der Waals surface area contributed by atoms with E-state index in [4.69, 9.17) is 10.5 Å². The van der Waals surface area contributed by atoms with Crippen molar-refractivity contribution in [1.82, 2.24) is 0 Å². The molecule has 0 heterocycles. The lowest BCUT2D eigenvalue weighted by Crippen LogP contribution is -2.17. The highest BCUT2D eigenvalue weighted by molar-refractivity contribution is 5.85. The van der Waals surface area contributed by atoms with Crippen LogP contribution in [0.1, 0.15) is 39.0 Å². The first-order chi connectivity index (χ1) is 5.33. The lowest BCUT2D eigenvalue weighted by atomic mass is 10.3. The van der Waals surface area contributed by atoms with Gasteiger partial charge in [0, 0.05) is 12.6 Å². The minimum atomic E-state index is 0. The van der Waals surface area contributed by atoms with Crippen molar-refractivity contribution in [2.24, 2.45) is 5.73 Å². The molecular formula is C9H20ClNO. The number of rotatable bonds is 4. The normalized spacial score (nSPS) is 28.5. The first-order valence-corrected chi connectivity index (χ1v) is 4.70. The lowest BCUT2D eigenvalue weighted by molar-refractivity contribution is 0.0556. The van der Waals surface area contributed by atoms with E-state index in [1.165, 1.54) is 19.3 Å². The van der Waals surface area contributed by atoms with Crippen LogP contribution in [0.3, 0.4) is 0 Å². The maximum absolute atomic E-state index is 5.75. The van der Waals surface area contributed by atoms with Gasteiger partial charge in [0.15, 0.2) is 0 Å². The van der Waals surface area contributed by atoms with Gasteiger partial charge in [0.1, 0.15) is 0 Å². The summed E-state index contributed by atoms with van der Waals surface area (Å²) in [7, 11) is 0. The average Bonchev–Trinajstić information content (AvgIpc) is 2.37. The molecule has 0 aromatic heterocycles. The maximum Gasteiger partial charge on any atom is 0.0590 e. The largest absolute Gasteiger partial charge is 0.378 e. The number of hydrogen-bond donors (Lipinski definition) is 1. The van der Waals surface area contributed by atoms with Crippen molar-refractivity contribution >= 4 is 12.4 Å². The van der Waals surface area contributed by atoms with Gasteiger partial charge in [-0.2, -0.15) is 0 Å². The fraction of sp³-hybridized carbons (Fsp3) is 1.00. The minimum absolute atomic E-state index is 0. The minimum Gasteiger partial charge on any atom is -0.378 e. The number of nitrogens with two attached hydrogens (primary N) is 1. The van der Waals surface area contributed by atoms with Crippen LogP contribution in [0.4, 0.5) is 0 Å². The second kappa shape index (κ2) is 6.70. The van der Waals surface area contributed by atoms with Crippen molar-refractivity contribution in [3.05, 3.63) is 0 Å². The molecule has 1 aliphatic carbocycles. The summed E-state index contributed by atoms with van der Waals surface area (Å²) in [5.41, 5.74) is 5.75. The van der Waals surface area contributed by atoms with Crippen molar-refractivity contribution in [3.63, 3.8) is 0 Å². The fourth-order valence-corrected chi connectivity index (χ4v) is 1.52. The molecule has 0 aliphatic heterocycles. The molecular weight excluding hydrogens is 174 g/mol. The smallest absolute Gasteiger partial charge is 0.0590 e. The Bertz CT molecular complexity index is 111. The van der Waals surface area contributed by atoms with Crippen molar-refractivity contribution in [3.8, 4) is 0 Å². The number of unbranched alkanes of at least 4 members (excludes halogenated alkanes) is 1. The van der Waals surface area contributed by atoms with Crippen LogP contribution in [0.2, 0.25) is 0 Å². The topological polar surface area (TPSA) is 35.2 Å². The Balaban J connectivity index is 0.00000121. The third-order valence-corrected chi connectivity index (χ3v) is 2.28. The summed E-state index contributed by atoms with van der Waals surface area (Å²) in [5, 5.41) is 0. The molecule has 74 valence electrons. The quantitative estimate of drug-likeness (QED) is 0.695. The third kappa shape index (κ3) is 4.29. The zero-order chi connectivity index (χ0) is 8.10. The molecule has 1 aliphatic rings. The van der Waals surface area contributed by atoms with E-state index in [1.54, 1.807) is 0 Å². The highest BCUT2D eigenvalue weighted by atomic mass is 35.5. The molecule has 0 aromatic rings. The average molecular weight is 194 g/mol. The summed E-state index contributed by atoms with van der Waals surface area (Å²) in [5.74, 6) is 0.